The lowest BCUT2D eigenvalue weighted by molar-refractivity contribution is 0.104. The average Bonchev–Trinajstić information content (AvgIpc) is 1.84. The lowest BCUT2D eigenvalue weighted by atomic mass is 9.87. The Morgan fingerprint density at radius 3 is 2.70 bits per heavy atom. The maximum atomic E-state index is 13.0. The lowest BCUT2D eigenvalue weighted by Crippen LogP contribution is -2.37. The first-order chi connectivity index (χ1) is 4.55. The zero-order chi connectivity index (χ0) is 7.78. The molecular formula is C7H10ClF2. The van der Waals surface area contributed by atoms with Crippen LogP contribution in [0.2, 0.25) is 0 Å². The fourth-order valence-corrected chi connectivity index (χ4v) is 1.37. The maximum Gasteiger partial charge on any atom is 0.220 e. The summed E-state index contributed by atoms with van der Waals surface area (Å²) in [7, 11) is 0. The van der Waals surface area contributed by atoms with Gasteiger partial charge in [-0.05, 0) is 19.3 Å². The average molecular weight is 168 g/mol. The zero-order valence-corrected chi connectivity index (χ0v) is 6.59. The summed E-state index contributed by atoms with van der Waals surface area (Å²) in [5.74, 6) is 0.424. The van der Waals surface area contributed by atoms with E-state index in [4.69, 9.17) is 11.6 Å². The number of halogens is 3. The first-order valence-corrected chi connectivity index (χ1v) is 3.77. The van der Waals surface area contributed by atoms with Gasteiger partial charge >= 0.3 is 0 Å². The fourth-order valence-electron chi connectivity index (χ4n) is 1.16. The van der Waals surface area contributed by atoms with Gasteiger partial charge in [-0.25, -0.2) is 8.78 Å². The van der Waals surface area contributed by atoms with Crippen molar-refractivity contribution in [3.05, 3.63) is 5.92 Å². The van der Waals surface area contributed by atoms with E-state index >= 15 is 0 Å². The molecule has 0 aromatic heterocycles. The van der Waals surface area contributed by atoms with E-state index in [0.717, 1.165) is 0 Å². The lowest BCUT2D eigenvalue weighted by Gasteiger charge is -2.32. The van der Waals surface area contributed by atoms with E-state index in [1.54, 1.807) is 6.92 Å². The molecule has 2 unspecified atom stereocenters. The van der Waals surface area contributed by atoms with Crippen molar-refractivity contribution in [2.75, 3.05) is 0 Å². The third-order valence-corrected chi connectivity index (χ3v) is 2.53. The van der Waals surface area contributed by atoms with E-state index in [1.165, 1.54) is 0 Å². The van der Waals surface area contributed by atoms with E-state index < -0.39 is 11.3 Å². The Balaban J connectivity index is 2.63. The molecule has 0 spiro atoms. The molecule has 0 heterocycles. The molecule has 0 aromatic rings. The van der Waals surface area contributed by atoms with Crippen molar-refractivity contribution < 1.29 is 8.78 Å². The van der Waals surface area contributed by atoms with Crippen molar-refractivity contribution in [3.63, 3.8) is 0 Å². The van der Waals surface area contributed by atoms with Crippen molar-refractivity contribution in [2.24, 2.45) is 0 Å². The van der Waals surface area contributed by atoms with Gasteiger partial charge in [0, 0.05) is 5.92 Å². The van der Waals surface area contributed by atoms with Crippen molar-refractivity contribution in [1.82, 2.24) is 0 Å². The van der Waals surface area contributed by atoms with Crippen LogP contribution in [0.25, 0.3) is 0 Å². The van der Waals surface area contributed by atoms with Crippen LogP contribution in [0.3, 0.4) is 0 Å². The van der Waals surface area contributed by atoms with Crippen LogP contribution in [0.1, 0.15) is 26.2 Å². The van der Waals surface area contributed by atoms with Gasteiger partial charge in [-0.3, -0.25) is 0 Å². The number of hydrogen-bond donors (Lipinski definition) is 0. The Hall–Kier alpha value is 0.150. The van der Waals surface area contributed by atoms with Crippen LogP contribution in [-0.2, 0) is 0 Å². The first-order valence-electron chi connectivity index (χ1n) is 3.40. The summed E-state index contributed by atoms with van der Waals surface area (Å²) in [5, 5.41) is -2.18. The van der Waals surface area contributed by atoms with Crippen molar-refractivity contribution in [2.45, 2.75) is 37.5 Å². The molecule has 0 N–H and O–H groups in total. The van der Waals surface area contributed by atoms with Crippen molar-refractivity contribution in [1.29, 1.82) is 0 Å². The molecule has 0 nitrogen and oxygen atoms in total. The van der Waals surface area contributed by atoms with Crippen LogP contribution in [0.5, 0.6) is 0 Å². The van der Waals surface area contributed by atoms with Crippen molar-refractivity contribution >= 4 is 11.6 Å². The van der Waals surface area contributed by atoms with E-state index in [2.05, 4.69) is 0 Å². The second-order valence-electron chi connectivity index (χ2n) is 2.76. The molecule has 1 aliphatic rings. The van der Waals surface area contributed by atoms with Gasteiger partial charge in [0.1, 0.15) is 6.17 Å². The fraction of sp³-hybridized carbons (Fsp3) is 0.857. The summed E-state index contributed by atoms with van der Waals surface area (Å²) in [6.07, 6.45) is 0.0614. The minimum Gasteiger partial charge on any atom is -0.243 e. The van der Waals surface area contributed by atoms with Crippen LogP contribution in [0.15, 0.2) is 0 Å². The maximum absolute atomic E-state index is 13.0. The second-order valence-corrected chi connectivity index (χ2v) is 3.31. The Bertz CT molecular complexity index is 113. The number of rotatable bonds is 0. The Morgan fingerprint density at radius 2 is 2.30 bits per heavy atom. The van der Waals surface area contributed by atoms with Gasteiger partial charge in [0.15, 0.2) is 0 Å². The highest BCUT2D eigenvalue weighted by atomic mass is 35.5. The standard InChI is InChI=1S/C7H10ClF2/c1-5-3-2-4-6(9)7(5,8)10/h6H,2-4H2,1H3. The SMILES string of the molecule is C[C]1CCCC(F)C1(F)Cl. The molecular weight excluding hydrogens is 158 g/mol. The van der Waals surface area contributed by atoms with E-state index in [0.29, 0.717) is 18.8 Å². The molecule has 1 fully saturated rings. The molecule has 1 saturated carbocycles. The Labute approximate surface area is 64.6 Å². The third-order valence-electron chi connectivity index (χ3n) is 1.97. The molecule has 0 amide bonds. The summed E-state index contributed by atoms with van der Waals surface area (Å²) in [4.78, 5) is 0. The smallest absolute Gasteiger partial charge is 0.220 e. The summed E-state index contributed by atoms with van der Waals surface area (Å²) in [6, 6.07) is 0. The quantitative estimate of drug-likeness (QED) is 0.487. The second kappa shape index (κ2) is 2.65. The van der Waals surface area contributed by atoms with E-state index in [-0.39, 0.29) is 6.42 Å². The van der Waals surface area contributed by atoms with Gasteiger partial charge in [-0.15, -0.1) is 0 Å². The van der Waals surface area contributed by atoms with Gasteiger partial charge < -0.3 is 0 Å². The Morgan fingerprint density at radius 1 is 1.70 bits per heavy atom. The highest BCUT2D eigenvalue weighted by Crippen LogP contribution is 2.43. The number of hydrogen-bond acceptors (Lipinski definition) is 0. The van der Waals surface area contributed by atoms with E-state index in [1.807, 2.05) is 0 Å². The van der Waals surface area contributed by atoms with Crippen LogP contribution in [0, 0.1) is 5.92 Å². The summed E-state index contributed by atoms with van der Waals surface area (Å²) in [6.45, 7) is 1.57. The molecule has 10 heavy (non-hydrogen) atoms. The van der Waals surface area contributed by atoms with Gasteiger partial charge in [0.05, 0.1) is 0 Å². The minimum absolute atomic E-state index is 0.247. The summed E-state index contributed by atoms with van der Waals surface area (Å²) in [5.41, 5.74) is 0. The molecule has 0 bridgehead atoms. The van der Waals surface area contributed by atoms with Gasteiger partial charge in [-0.1, -0.05) is 18.5 Å². The predicted octanol–water partition coefficient (Wildman–Crippen LogP) is 3.01. The van der Waals surface area contributed by atoms with Crippen LogP contribution >= 0.6 is 11.6 Å². The van der Waals surface area contributed by atoms with Gasteiger partial charge in [-0.2, -0.15) is 0 Å². The van der Waals surface area contributed by atoms with Gasteiger partial charge in [0.2, 0.25) is 5.13 Å². The molecule has 1 radical (unpaired) electrons. The molecule has 2 atom stereocenters. The highest BCUT2D eigenvalue weighted by molar-refractivity contribution is 6.24. The molecule has 0 saturated heterocycles. The predicted molar refractivity (Wildman–Crippen MR) is 37.4 cm³/mol. The van der Waals surface area contributed by atoms with E-state index in [9.17, 15) is 8.78 Å². The number of alkyl halides is 3. The zero-order valence-electron chi connectivity index (χ0n) is 5.83. The summed E-state index contributed by atoms with van der Waals surface area (Å²) >= 11 is 5.29. The molecule has 1 rings (SSSR count). The minimum atomic E-state index is -2.18. The molecule has 1 aliphatic carbocycles. The molecule has 0 aliphatic heterocycles. The normalized spacial score (nSPS) is 43.8. The van der Waals surface area contributed by atoms with Crippen LogP contribution in [0.4, 0.5) is 8.78 Å². The monoisotopic (exact) mass is 167 g/mol. The van der Waals surface area contributed by atoms with Gasteiger partial charge in [0.25, 0.3) is 0 Å². The van der Waals surface area contributed by atoms with Crippen LogP contribution in [-0.4, -0.2) is 11.3 Å². The highest BCUT2D eigenvalue weighted by Gasteiger charge is 2.45. The first kappa shape index (κ1) is 8.25. The molecule has 0 aromatic carbocycles. The largest absolute Gasteiger partial charge is 0.243 e. The topological polar surface area (TPSA) is 0 Å². The summed E-state index contributed by atoms with van der Waals surface area (Å²) < 4.78 is 25.7. The molecule has 3 heteroatoms. The van der Waals surface area contributed by atoms with Crippen LogP contribution < -0.4 is 0 Å². The van der Waals surface area contributed by atoms with Crippen molar-refractivity contribution in [3.8, 4) is 0 Å². The molecule has 59 valence electrons. The third kappa shape index (κ3) is 1.26. The Kier molecular flexibility index (Phi) is 2.18.